The summed E-state index contributed by atoms with van der Waals surface area (Å²) < 4.78 is 33.6. The number of nitrogens with zero attached hydrogens (tertiary/aromatic N) is 4. The second kappa shape index (κ2) is 11.6. The number of para-hydroxylation sites is 1. The van der Waals surface area contributed by atoms with Gasteiger partial charge >= 0.3 is 6.01 Å². The summed E-state index contributed by atoms with van der Waals surface area (Å²) in [5, 5.41) is 11.0. The molecule has 11 nitrogen and oxygen atoms in total. The molecule has 0 saturated carbocycles. The molecule has 0 saturated heterocycles. The topological polar surface area (TPSA) is 156 Å². The lowest BCUT2D eigenvalue weighted by atomic mass is 10.0. The third-order valence-corrected chi connectivity index (χ3v) is 7.93. The van der Waals surface area contributed by atoms with Crippen LogP contribution in [0, 0.1) is 0 Å². The number of aromatic amines is 1. The molecule has 0 aliphatic heterocycles. The van der Waals surface area contributed by atoms with Gasteiger partial charge in [0.25, 0.3) is 15.9 Å². The monoisotopic (exact) mass is 579 g/mol. The average Bonchev–Trinajstić information content (AvgIpc) is 3.67. The molecule has 6 aromatic rings. The van der Waals surface area contributed by atoms with E-state index in [0.717, 1.165) is 11.1 Å². The number of aromatic nitrogens is 5. The van der Waals surface area contributed by atoms with Gasteiger partial charge in [-0.2, -0.15) is 0 Å². The van der Waals surface area contributed by atoms with Gasteiger partial charge in [0, 0.05) is 18.0 Å². The van der Waals surface area contributed by atoms with Crippen LogP contribution in [-0.4, -0.2) is 39.5 Å². The summed E-state index contributed by atoms with van der Waals surface area (Å²) in [6, 6.07) is 25.6. The number of aryl methyl sites for hydroxylation is 1. The van der Waals surface area contributed by atoms with E-state index in [1.54, 1.807) is 42.7 Å². The van der Waals surface area contributed by atoms with E-state index < -0.39 is 22.0 Å². The second-order valence-corrected chi connectivity index (χ2v) is 11.1. The van der Waals surface area contributed by atoms with Gasteiger partial charge in [0.1, 0.15) is 17.4 Å². The van der Waals surface area contributed by atoms with Crippen LogP contribution >= 0.6 is 0 Å². The van der Waals surface area contributed by atoms with E-state index in [-0.39, 0.29) is 16.8 Å². The Labute approximate surface area is 241 Å². The number of hydrogen-bond acceptors (Lipinski definition) is 8. The standard InChI is InChI=1S/C30H25N7O4S/c38-28(23-12-7-13-24-26(23)34-27(32-24)21-16-18-31-19-17-21)33-25(15-14-20-8-3-1-4-9-20)29-35-36-30(41-29)37-42(39,40)22-10-5-2-6-11-22/h1-13,16-19,25H,14-15H2,(H,32,34)(H,33,38)(H,36,37). The number of carbonyl (C=O) groups excluding carboxylic acids is 1. The van der Waals surface area contributed by atoms with E-state index in [2.05, 4.69) is 35.2 Å². The molecule has 3 aromatic heterocycles. The van der Waals surface area contributed by atoms with Gasteiger partial charge in [0.15, 0.2) is 0 Å². The number of nitrogens with one attached hydrogen (secondary N) is 3. The van der Waals surface area contributed by atoms with Crippen molar-refractivity contribution in [1.29, 1.82) is 0 Å². The van der Waals surface area contributed by atoms with Gasteiger partial charge in [-0.25, -0.2) is 18.1 Å². The van der Waals surface area contributed by atoms with E-state index in [4.69, 9.17) is 4.42 Å². The summed E-state index contributed by atoms with van der Waals surface area (Å²) in [5.74, 6) is 0.285. The second-order valence-electron chi connectivity index (χ2n) is 9.44. The van der Waals surface area contributed by atoms with Gasteiger partial charge in [-0.1, -0.05) is 59.7 Å². The highest BCUT2D eigenvalue weighted by Crippen LogP contribution is 2.25. The van der Waals surface area contributed by atoms with Crippen LogP contribution in [0.15, 0.2) is 113 Å². The van der Waals surface area contributed by atoms with Gasteiger partial charge in [-0.15, -0.1) is 5.10 Å². The van der Waals surface area contributed by atoms with Crippen LogP contribution in [0.5, 0.6) is 0 Å². The fourth-order valence-corrected chi connectivity index (χ4v) is 5.45. The van der Waals surface area contributed by atoms with Crippen LogP contribution in [0.1, 0.15) is 34.3 Å². The molecule has 0 aliphatic rings. The van der Waals surface area contributed by atoms with Crippen LogP contribution in [0.4, 0.5) is 6.01 Å². The zero-order valence-corrected chi connectivity index (χ0v) is 23.0. The number of benzene rings is 3. The Morgan fingerprint density at radius 2 is 1.62 bits per heavy atom. The molecule has 0 spiro atoms. The fourth-order valence-electron chi connectivity index (χ4n) is 4.50. The van der Waals surface area contributed by atoms with E-state index in [9.17, 15) is 13.2 Å². The van der Waals surface area contributed by atoms with E-state index in [1.807, 2.05) is 48.5 Å². The summed E-state index contributed by atoms with van der Waals surface area (Å²) in [6.45, 7) is 0. The Hall–Kier alpha value is -5.36. The van der Waals surface area contributed by atoms with Crippen molar-refractivity contribution in [2.24, 2.45) is 0 Å². The summed E-state index contributed by atoms with van der Waals surface area (Å²) >= 11 is 0. The van der Waals surface area contributed by atoms with Crippen molar-refractivity contribution < 1.29 is 17.6 Å². The fraction of sp³-hybridized carbons (Fsp3) is 0.100. The smallest absolute Gasteiger partial charge is 0.329 e. The molecule has 0 radical (unpaired) electrons. The molecule has 0 bridgehead atoms. The third-order valence-electron chi connectivity index (χ3n) is 6.59. The molecule has 1 amide bonds. The Kier molecular flexibility index (Phi) is 7.43. The molecule has 0 fully saturated rings. The van der Waals surface area contributed by atoms with Crippen LogP contribution in [-0.2, 0) is 16.4 Å². The molecule has 3 N–H and O–H groups in total. The minimum Gasteiger partial charge on any atom is -0.405 e. The lowest BCUT2D eigenvalue weighted by Gasteiger charge is -2.15. The predicted octanol–water partition coefficient (Wildman–Crippen LogP) is 4.91. The van der Waals surface area contributed by atoms with Crippen molar-refractivity contribution in [3.05, 3.63) is 120 Å². The maximum atomic E-state index is 13.6. The number of carbonyl (C=O) groups is 1. The SMILES string of the molecule is O=C(NC(CCc1ccccc1)c1nnc(NS(=O)(=O)c2ccccc2)o1)c1cccc2[nH]c(-c3ccncc3)nc12. The highest BCUT2D eigenvalue weighted by Gasteiger charge is 2.25. The number of rotatable bonds is 10. The zero-order chi connectivity index (χ0) is 28.9. The maximum absolute atomic E-state index is 13.6. The first-order chi connectivity index (χ1) is 20.5. The molecular formula is C30H25N7O4S. The largest absolute Gasteiger partial charge is 0.405 e. The molecule has 0 aliphatic carbocycles. The molecule has 42 heavy (non-hydrogen) atoms. The van der Waals surface area contributed by atoms with Crippen molar-refractivity contribution in [3.63, 3.8) is 0 Å². The van der Waals surface area contributed by atoms with Crippen molar-refractivity contribution in [2.45, 2.75) is 23.8 Å². The molecule has 3 aromatic carbocycles. The van der Waals surface area contributed by atoms with Gasteiger partial charge in [-0.3, -0.25) is 9.78 Å². The Balaban J connectivity index is 1.27. The van der Waals surface area contributed by atoms with Crippen LogP contribution in [0.2, 0.25) is 0 Å². The van der Waals surface area contributed by atoms with E-state index >= 15 is 0 Å². The Bertz CT molecular complexity index is 1930. The molecular weight excluding hydrogens is 554 g/mol. The number of imidazole rings is 1. The molecule has 12 heteroatoms. The number of sulfonamides is 1. The molecule has 3 heterocycles. The van der Waals surface area contributed by atoms with E-state index in [0.29, 0.717) is 35.3 Å². The molecule has 6 rings (SSSR count). The lowest BCUT2D eigenvalue weighted by molar-refractivity contribution is 0.0929. The van der Waals surface area contributed by atoms with Crippen LogP contribution in [0.25, 0.3) is 22.4 Å². The van der Waals surface area contributed by atoms with Gasteiger partial charge in [0.05, 0.1) is 16.0 Å². The number of pyridine rings is 1. The number of fused-ring (bicyclic) bond motifs is 1. The highest BCUT2D eigenvalue weighted by molar-refractivity contribution is 7.92. The minimum atomic E-state index is -3.94. The molecule has 210 valence electrons. The van der Waals surface area contributed by atoms with Gasteiger partial charge in [0.2, 0.25) is 5.89 Å². The Morgan fingerprint density at radius 1 is 0.881 bits per heavy atom. The van der Waals surface area contributed by atoms with Crippen molar-refractivity contribution >= 4 is 33.0 Å². The van der Waals surface area contributed by atoms with Crippen molar-refractivity contribution in [2.75, 3.05) is 4.72 Å². The number of anilines is 1. The number of hydrogen-bond donors (Lipinski definition) is 3. The molecule has 1 atom stereocenters. The third kappa shape index (κ3) is 5.88. The predicted molar refractivity (Wildman–Crippen MR) is 156 cm³/mol. The first kappa shape index (κ1) is 26.8. The average molecular weight is 580 g/mol. The first-order valence-corrected chi connectivity index (χ1v) is 14.6. The maximum Gasteiger partial charge on any atom is 0.329 e. The minimum absolute atomic E-state index is 0.0527. The van der Waals surface area contributed by atoms with Crippen LogP contribution < -0.4 is 10.0 Å². The Morgan fingerprint density at radius 3 is 2.38 bits per heavy atom. The van der Waals surface area contributed by atoms with Gasteiger partial charge in [-0.05, 0) is 54.8 Å². The first-order valence-electron chi connectivity index (χ1n) is 13.1. The molecule has 1 unspecified atom stereocenters. The van der Waals surface area contributed by atoms with Crippen molar-refractivity contribution in [3.8, 4) is 11.4 Å². The highest BCUT2D eigenvalue weighted by atomic mass is 32.2. The summed E-state index contributed by atoms with van der Waals surface area (Å²) in [7, 11) is -3.94. The van der Waals surface area contributed by atoms with Gasteiger partial charge < -0.3 is 14.7 Å². The normalized spacial score (nSPS) is 12.2. The summed E-state index contributed by atoms with van der Waals surface area (Å²) in [5.41, 5.74) is 3.46. The van der Waals surface area contributed by atoms with Crippen molar-refractivity contribution in [1.82, 2.24) is 30.5 Å². The van der Waals surface area contributed by atoms with E-state index in [1.165, 1.54) is 12.1 Å². The lowest BCUT2D eigenvalue weighted by Crippen LogP contribution is -2.29. The number of amides is 1. The van der Waals surface area contributed by atoms with Crippen LogP contribution in [0.3, 0.4) is 0 Å². The summed E-state index contributed by atoms with van der Waals surface area (Å²) in [6.07, 6.45) is 4.36. The number of H-pyrrole nitrogens is 1. The quantitative estimate of drug-likeness (QED) is 0.207. The zero-order valence-electron chi connectivity index (χ0n) is 22.1. The summed E-state index contributed by atoms with van der Waals surface area (Å²) in [4.78, 5) is 25.7.